The van der Waals surface area contributed by atoms with Crippen molar-refractivity contribution in [3.8, 4) is 0 Å². The zero-order chi connectivity index (χ0) is 20.0. The van der Waals surface area contributed by atoms with Gasteiger partial charge in [-0.25, -0.2) is 0 Å². The van der Waals surface area contributed by atoms with Gasteiger partial charge >= 0.3 is 5.92 Å². The van der Waals surface area contributed by atoms with Crippen LogP contribution in [0.3, 0.4) is 0 Å². The van der Waals surface area contributed by atoms with E-state index < -0.39 is 11.7 Å². The van der Waals surface area contributed by atoms with Gasteiger partial charge in [0.25, 0.3) is 0 Å². The number of rotatable bonds is 4. The molecule has 3 heterocycles. The maximum Gasteiger partial charge on any atom is 0.335 e. The monoisotopic (exact) mass is 391 g/mol. The van der Waals surface area contributed by atoms with Crippen LogP contribution >= 0.6 is 0 Å². The topological polar surface area (TPSA) is 85.2 Å². The van der Waals surface area contributed by atoms with Crippen molar-refractivity contribution in [1.82, 2.24) is 35.4 Å². The van der Waals surface area contributed by atoms with Crippen LogP contribution in [0.5, 0.6) is 0 Å². The lowest BCUT2D eigenvalue weighted by Gasteiger charge is -2.13. The van der Waals surface area contributed by atoms with Crippen LogP contribution in [0.1, 0.15) is 22.8 Å². The molecule has 29 heavy (non-hydrogen) atoms. The van der Waals surface area contributed by atoms with Gasteiger partial charge in [0, 0.05) is 22.5 Å². The molecule has 3 aromatic heterocycles. The summed E-state index contributed by atoms with van der Waals surface area (Å²) in [5, 5.41) is 19.6. The normalized spacial score (nSPS) is 12.1. The number of hydrogen-bond acceptors (Lipinski definition) is 5. The number of alkyl halides is 2. The highest BCUT2D eigenvalue weighted by molar-refractivity contribution is 5.85. The van der Waals surface area contributed by atoms with Gasteiger partial charge < -0.3 is 0 Å². The van der Waals surface area contributed by atoms with Gasteiger partial charge in [-0.2, -0.15) is 19.1 Å². The Morgan fingerprint density at radius 3 is 2.76 bits per heavy atom. The number of aromatic amines is 1. The standard InChI is InChI=1S/C20H15F2N7/c1-12-15-7-6-14(20(21,22)19-24-27-28-25-19)10-18(15)29(26-12)11-17-16-5-3-2-4-13(16)8-9-23-17/h2-10H,11H2,1H3,(H,24,25,27,28). The molecular weight excluding hydrogens is 376 g/mol. The second-order valence-electron chi connectivity index (χ2n) is 6.76. The van der Waals surface area contributed by atoms with E-state index in [-0.39, 0.29) is 5.56 Å². The lowest BCUT2D eigenvalue weighted by atomic mass is 10.1. The largest absolute Gasteiger partial charge is 0.335 e. The fourth-order valence-corrected chi connectivity index (χ4v) is 3.53. The maximum absolute atomic E-state index is 14.8. The second-order valence-corrected chi connectivity index (χ2v) is 6.76. The Balaban J connectivity index is 1.63. The number of benzene rings is 2. The Labute approximate surface area is 163 Å². The third-order valence-corrected chi connectivity index (χ3v) is 4.98. The first-order chi connectivity index (χ1) is 14.0. The van der Waals surface area contributed by atoms with E-state index in [0.717, 1.165) is 27.5 Å². The summed E-state index contributed by atoms with van der Waals surface area (Å²) in [7, 11) is 0. The lowest BCUT2D eigenvalue weighted by Crippen LogP contribution is -2.17. The van der Waals surface area contributed by atoms with Crippen LogP contribution in [-0.4, -0.2) is 35.4 Å². The van der Waals surface area contributed by atoms with Gasteiger partial charge in [0.2, 0.25) is 5.82 Å². The molecule has 2 aromatic carbocycles. The Kier molecular flexibility index (Phi) is 3.83. The van der Waals surface area contributed by atoms with E-state index in [1.807, 2.05) is 37.3 Å². The van der Waals surface area contributed by atoms with Crippen LogP contribution in [0.25, 0.3) is 21.7 Å². The molecule has 0 saturated heterocycles. The van der Waals surface area contributed by atoms with E-state index in [1.165, 1.54) is 12.1 Å². The third kappa shape index (κ3) is 2.82. The van der Waals surface area contributed by atoms with Crippen LogP contribution in [-0.2, 0) is 12.5 Å². The highest BCUT2D eigenvalue weighted by Gasteiger charge is 2.39. The van der Waals surface area contributed by atoms with E-state index in [0.29, 0.717) is 12.1 Å². The molecule has 1 N–H and O–H groups in total. The molecule has 144 valence electrons. The minimum absolute atomic E-state index is 0.224. The molecule has 0 bridgehead atoms. The molecule has 0 unspecified atom stereocenters. The van der Waals surface area contributed by atoms with Crippen molar-refractivity contribution in [3.63, 3.8) is 0 Å². The van der Waals surface area contributed by atoms with Crippen LogP contribution < -0.4 is 0 Å². The van der Waals surface area contributed by atoms with Gasteiger partial charge in [-0.3, -0.25) is 9.67 Å². The highest BCUT2D eigenvalue weighted by Crippen LogP contribution is 2.35. The number of H-pyrrole nitrogens is 1. The molecule has 7 nitrogen and oxygen atoms in total. The summed E-state index contributed by atoms with van der Waals surface area (Å²) >= 11 is 0. The van der Waals surface area contributed by atoms with Crippen molar-refractivity contribution in [2.45, 2.75) is 19.4 Å². The number of pyridine rings is 1. The van der Waals surface area contributed by atoms with Gasteiger partial charge in [0.15, 0.2) is 0 Å². The summed E-state index contributed by atoms with van der Waals surface area (Å²) < 4.78 is 31.3. The molecular formula is C20H15F2N7. The van der Waals surface area contributed by atoms with Gasteiger partial charge in [0.1, 0.15) is 0 Å². The molecule has 9 heteroatoms. The van der Waals surface area contributed by atoms with E-state index in [2.05, 4.69) is 30.7 Å². The summed E-state index contributed by atoms with van der Waals surface area (Å²) in [6.45, 7) is 2.22. The first-order valence-corrected chi connectivity index (χ1v) is 8.96. The van der Waals surface area contributed by atoms with Crippen LogP contribution in [0.2, 0.25) is 0 Å². The zero-order valence-electron chi connectivity index (χ0n) is 15.3. The minimum Gasteiger partial charge on any atom is -0.259 e. The SMILES string of the molecule is Cc1nn(Cc2nccc3ccccc23)c2cc(C(F)(F)c3nn[nH]n3)ccc12. The molecule has 0 fully saturated rings. The van der Waals surface area contributed by atoms with Crippen LogP contribution in [0, 0.1) is 6.92 Å². The number of halogens is 2. The molecule has 5 rings (SSSR count). The molecule has 0 amide bonds. The number of nitrogens with zero attached hydrogens (tertiary/aromatic N) is 6. The molecule has 5 aromatic rings. The zero-order valence-corrected chi connectivity index (χ0v) is 15.3. The van der Waals surface area contributed by atoms with Crippen molar-refractivity contribution in [1.29, 1.82) is 0 Å². The van der Waals surface area contributed by atoms with E-state index >= 15 is 0 Å². The number of aryl methyl sites for hydroxylation is 1. The van der Waals surface area contributed by atoms with Crippen LogP contribution in [0.4, 0.5) is 8.78 Å². The first kappa shape index (κ1) is 17.4. The Bertz CT molecular complexity index is 1320. The Morgan fingerprint density at radius 1 is 1.07 bits per heavy atom. The van der Waals surface area contributed by atoms with E-state index in [9.17, 15) is 8.78 Å². The number of hydrogen-bond donors (Lipinski definition) is 1. The van der Waals surface area contributed by atoms with Crippen molar-refractivity contribution in [2.24, 2.45) is 0 Å². The van der Waals surface area contributed by atoms with Crippen molar-refractivity contribution >= 4 is 21.7 Å². The van der Waals surface area contributed by atoms with Gasteiger partial charge in [-0.15, -0.1) is 10.2 Å². The molecule has 0 radical (unpaired) electrons. The number of nitrogens with one attached hydrogen (secondary N) is 1. The van der Waals surface area contributed by atoms with Gasteiger partial charge in [-0.1, -0.05) is 36.4 Å². The molecule has 0 saturated carbocycles. The van der Waals surface area contributed by atoms with Crippen molar-refractivity contribution in [2.75, 3.05) is 0 Å². The predicted molar refractivity (Wildman–Crippen MR) is 102 cm³/mol. The number of fused-ring (bicyclic) bond motifs is 2. The smallest absolute Gasteiger partial charge is 0.259 e. The van der Waals surface area contributed by atoms with Crippen LogP contribution in [0.15, 0.2) is 54.7 Å². The Hall–Kier alpha value is -3.75. The summed E-state index contributed by atoms with van der Waals surface area (Å²) in [5.74, 6) is -4.04. The molecule has 0 aliphatic rings. The molecule has 0 aliphatic heterocycles. The fraction of sp³-hybridized carbons (Fsp3) is 0.150. The maximum atomic E-state index is 14.8. The van der Waals surface area contributed by atoms with Crippen molar-refractivity contribution < 1.29 is 8.78 Å². The fourth-order valence-electron chi connectivity index (χ4n) is 3.53. The summed E-state index contributed by atoms with van der Waals surface area (Å²) in [5.41, 5.74) is 1.95. The molecule has 0 atom stereocenters. The van der Waals surface area contributed by atoms with E-state index in [1.54, 1.807) is 16.9 Å². The van der Waals surface area contributed by atoms with Crippen molar-refractivity contribution in [3.05, 3.63) is 77.5 Å². The first-order valence-electron chi connectivity index (χ1n) is 8.96. The lowest BCUT2D eigenvalue weighted by molar-refractivity contribution is 0.0330. The second kappa shape index (κ2) is 6.40. The van der Waals surface area contributed by atoms with E-state index in [4.69, 9.17) is 0 Å². The summed E-state index contributed by atoms with van der Waals surface area (Å²) in [6.07, 6.45) is 1.74. The quantitative estimate of drug-likeness (QED) is 0.506. The predicted octanol–water partition coefficient (Wildman–Crippen LogP) is 3.59. The van der Waals surface area contributed by atoms with Gasteiger partial charge in [-0.05, 0) is 29.7 Å². The summed E-state index contributed by atoms with van der Waals surface area (Å²) in [4.78, 5) is 4.49. The highest BCUT2D eigenvalue weighted by atomic mass is 19.3. The minimum atomic E-state index is -3.37. The average molecular weight is 391 g/mol. The molecule has 0 aliphatic carbocycles. The molecule has 0 spiro atoms. The van der Waals surface area contributed by atoms with Gasteiger partial charge in [0.05, 0.1) is 23.4 Å². The average Bonchev–Trinajstić information content (AvgIpc) is 3.38. The number of tetrazole rings is 1. The third-order valence-electron chi connectivity index (χ3n) is 4.98. The Morgan fingerprint density at radius 2 is 1.93 bits per heavy atom. The summed E-state index contributed by atoms with van der Waals surface area (Å²) in [6, 6.07) is 14.3. The number of aromatic nitrogens is 7.